The number of halogens is 1. The minimum atomic E-state index is -4.12. The second-order valence-corrected chi connectivity index (χ2v) is 7.28. The maximum atomic E-state index is 12.4. The van der Waals surface area contributed by atoms with Crippen molar-refractivity contribution in [2.45, 2.75) is 24.7 Å². The van der Waals surface area contributed by atoms with Crippen LogP contribution in [-0.2, 0) is 10.0 Å². The zero-order valence-corrected chi connectivity index (χ0v) is 14.1. The van der Waals surface area contributed by atoms with E-state index in [0.29, 0.717) is 0 Å². The van der Waals surface area contributed by atoms with Gasteiger partial charge in [0.1, 0.15) is 0 Å². The van der Waals surface area contributed by atoms with Crippen molar-refractivity contribution in [1.29, 1.82) is 0 Å². The highest BCUT2D eigenvalue weighted by Crippen LogP contribution is 2.30. The molecule has 0 aliphatic carbocycles. The van der Waals surface area contributed by atoms with Crippen molar-refractivity contribution < 1.29 is 13.3 Å². The molecule has 0 aromatic heterocycles. The number of hydrogen-bond donors (Lipinski definition) is 1. The zero-order chi connectivity index (χ0) is 17.2. The molecule has 1 N–H and O–H groups in total. The third-order valence-corrected chi connectivity index (χ3v) is 4.98. The Labute approximate surface area is 139 Å². The van der Waals surface area contributed by atoms with Crippen molar-refractivity contribution in [1.82, 2.24) is 0 Å². The minimum absolute atomic E-state index is 0.175. The molecule has 0 saturated carbocycles. The van der Waals surface area contributed by atoms with E-state index in [2.05, 4.69) is 4.72 Å². The first kappa shape index (κ1) is 17.2. The van der Waals surface area contributed by atoms with Gasteiger partial charge < -0.3 is 0 Å². The molecule has 0 saturated heterocycles. The van der Waals surface area contributed by atoms with E-state index in [1.54, 1.807) is 18.2 Å². The first-order valence-corrected chi connectivity index (χ1v) is 8.64. The number of nitro benzene ring substituents is 1. The average molecular weight is 355 g/mol. The fraction of sp³-hybridized carbons (Fsp3) is 0.200. The number of rotatable bonds is 5. The van der Waals surface area contributed by atoms with Crippen molar-refractivity contribution in [2.75, 3.05) is 4.72 Å². The van der Waals surface area contributed by atoms with Crippen molar-refractivity contribution in [3.63, 3.8) is 0 Å². The van der Waals surface area contributed by atoms with Gasteiger partial charge in [0.2, 0.25) is 0 Å². The van der Waals surface area contributed by atoms with Gasteiger partial charge in [0, 0.05) is 6.07 Å². The molecule has 0 spiro atoms. The highest BCUT2D eigenvalue weighted by molar-refractivity contribution is 7.92. The summed E-state index contributed by atoms with van der Waals surface area (Å²) in [5, 5.41) is 11.2. The van der Waals surface area contributed by atoms with Crippen molar-refractivity contribution >= 4 is 33.0 Å². The third-order valence-electron chi connectivity index (χ3n) is 3.26. The van der Waals surface area contributed by atoms with Gasteiger partial charge in [-0.2, -0.15) is 0 Å². The Morgan fingerprint density at radius 3 is 2.39 bits per heavy atom. The van der Waals surface area contributed by atoms with Gasteiger partial charge in [0.15, 0.2) is 4.90 Å². The fourth-order valence-corrected chi connectivity index (χ4v) is 3.55. The summed E-state index contributed by atoms with van der Waals surface area (Å²) in [4.78, 5) is 9.85. The molecule has 2 rings (SSSR count). The molecule has 23 heavy (non-hydrogen) atoms. The molecule has 6 nitrogen and oxygen atoms in total. The van der Waals surface area contributed by atoms with Gasteiger partial charge in [-0.05, 0) is 29.7 Å². The second-order valence-electron chi connectivity index (χ2n) is 5.22. The molecular formula is C15H15ClN2O4S. The quantitative estimate of drug-likeness (QED) is 0.644. The van der Waals surface area contributed by atoms with Gasteiger partial charge in [-0.25, -0.2) is 8.42 Å². The molecule has 8 heteroatoms. The van der Waals surface area contributed by atoms with Gasteiger partial charge in [0.25, 0.3) is 15.7 Å². The summed E-state index contributed by atoms with van der Waals surface area (Å²) >= 11 is 6.11. The van der Waals surface area contributed by atoms with Crippen LogP contribution in [0.25, 0.3) is 0 Å². The molecule has 0 bridgehead atoms. The van der Waals surface area contributed by atoms with Crippen LogP contribution in [0.4, 0.5) is 11.4 Å². The van der Waals surface area contributed by atoms with Crippen LogP contribution < -0.4 is 4.72 Å². The van der Waals surface area contributed by atoms with Crippen molar-refractivity contribution in [3.05, 3.63) is 63.2 Å². The number of nitrogens with zero attached hydrogens (tertiary/aromatic N) is 1. The summed E-state index contributed by atoms with van der Waals surface area (Å²) in [6, 6.07) is 10.1. The molecule has 0 radical (unpaired) electrons. The monoisotopic (exact) mass is 354 g/mol. The summed E-state index contributed by atoms with van der Waals surface area (Å²) in [5.41, 5.74) is 0.646. The average Bonchev–Trinajstić information content (AvgIpc) is 2.49. The first-order valence-electron chi connectivity index (χ1n) is 6.78. The molecular weight excluding hydrogens is 340 g/mol. The Kier molecular flexibility index (Phi) is 4.91. The summed E-state index contributed by atoms with van der Waals surface area (Å²) in [6.07, 6.45) is 0. The Hall–Kier alpha value is -2.12. The standard InChI is InChI=1S/C15H15ClN2O4S/c1-10(2)11-7-8-13(12(16)9-11)17-23(21,22)15-6-4-3-5-14(15)18(19)20/h3-10,17H,1-2H3. The van der Waals surface area contributed by atoms with Crippen molar-refractivity contribution in [2.24, 2.45) is 0 Å². The van der Waals surface area contributed by atoms with E-state index in [4.69, 9.17) is 11.6 Å². The largest absolute Gasteiger partial charge is 0.289 e. The SMILES string of the molecule is CC(C)c1ccc(NS(=O)(=O)c2ccccc2[N+](=O)[O-])c(Cl)c1. The Morgan fingerprint density at radius 2 is 1.83 bits per heavy atom. The number of anilines is 1. The summed E-state index contributed by atoms with van der Waals surface area (Å²) in [5.74, 6) is 0.244. The normalized spacial score (nSPS) is 11.5. The number of benzene rings is 2. The second kappa shape index (κ2) is 6.55. The molecule has 0 fully saturated rings. The highest BCUT2D eigenvalue weighted by Gasteiger charge is 2.25. The van der Waals surface area contributed by atoms with Gasteiger partial charge in [0.05, 0.1) is 15.6 Å². The molecule has 0 aliphatic heterocycles. The Morgan fingerprint density at radius 1 is 1.17 bits per heavy atom. The predicted octanol–water partition coefficient (Wildman–Crippen LogP) is 4.17. The van der Waals surface area contributed by atoms with Gasteiger partial charge >= 0.3 is 0 Å². The number of nitrogens with one attached hydrogen (secondary N) is 1. The lowest BCUT2D eigenvalue weighted by atomic mass is 10.0. The first-order chi connectivity index (χ1) is 10.7. The number of sulfonamides is 1. The summed E-state index contributed by atoms with van der Waals surface area (Å²) in [6.45, 7) is 3.98. The highest BCUT2D eigenvalue weighted by atomic mass is 35.5. The molecule has 0 atom stereocenters. The number of nitro groups is 1. The molecule has 0 heterocycles. The van der Waals surface area contributed by atoms with E-state index in [1.165, 1.54) is 18.2 Å². The fourth-order valence-electron chi connectivity index (χ4n) is 2.01. The molecule has 2 aromatic rings. The summed E-state index contributed by atoms with van der Waals surface area (Å²) in [7, 11) is -4.12. The van der Waals surface area contributed by atoms with Gasteiger partial charge in [-0.15, -0.1) is 0 Å². The molecule has 0 amide bonds. The van der Waals surface area contributed by atoms with Gasteiger partial charge in [-0.1, -0.05) is 43.6 Å². The maximum absolute atomic E-state index is 12.4. The Balaban J connectivity index is 2.42. The van der Waals surface area contributed by atoms with E-state index in [-0.39, 0.29) is 16.6 Å². The Bertz CT molecular complexity index is 850. The topological polar surface area (TPSA) is 89.3 Å². The van der Waals surface area contributed by atoms with Crippen LogP contribution in [-0.4, -0.2) is 13.3 Å². The van der Waals surface area contributed by atoms with Crippen LogP contribution in [0.2, 0.25) is 5.02 Å². The van der Waals surface area contributed by atoms with Crippen LogP contribution in [0.5, 0.6) is 0 Å². The van der Waals surface area contributed by atoms with Crippen LogP contribution >= 0.6 is 11.6 Å². The third kappa shape index (κ3) is 3.80. The number of hydrogen-bond acceptors (Lipinski definition) is 4. The summed E-state index contributed by atoms with van der Waals surface area (Å²) < 4.78 is 27.1. The van der Waals surface area contributed by atoms with E-state index in [9.17, 15) is 18.5 Å². The van der Waals surface area contributed by atoms with Crippen LogP contribution in [0.1, 0.15) is 25.3 Å². The smallest absolute Gasteiger partial charge is 0.278 e. The van der Waals surface area contributed by atoms with Crippen LogP contribution in [0.3, 0.4) is 0 Å². The molecule has 2 aromatic carbocycles. The van der Waals surface area contributed by atoms with E-state index in [0.717, 1.165) is 11.6 Å². The van der Waals surface area contributed by atoms with Crippen LogP contribution in [0, 0.1) is 10.1 Å². The maximum Gasteiger partial charge on any atom is 0.289 e. The molecule has 122 valence electrons. The van der Waals surface area contributed by atoms with E-state index < -0.39 is 25.5 Å². The number of para-hydroxylation sites is 1. The van der Waals surface area contributed by atoms with Crippen molar-refractivity contribution in [3.8, 4) is 0 Å². The predicted molar refractivity (Wildman–Crippen MR) is 89.4 cm³/mol. The van der Waals surface area contributed by atoms with Crippen LogP contribution in [0.15, 0.2) is 47.4 Å². The molecule has 0 unspecified atom stereocenters. The lowest BCUT2D eigenvalue weighted by molar-refractivity contribution is -0.387. The molecule has 0 aliphatic rings. The van der Waals surface area contributed by atoms with Gasteiger partial charge in [-0.3, -0.25) is 14.8 Å². The minimum Gasteiger partial charge on any atom is -0.278 e. The lowest BCUT2D eigenvalue weighted by Crippen LogP contribution is -2.15. The van der Waals surface area contributed by atoms with E-state index >= 15 is 0 Å². The lowest BCUT2D eigenvalue weighted by Gasteiger charge is -2.12. The zero-order valence-electron chi connectivity index (χ0n) is 12.5. The van der Waals surface area contributed by atoms with E-state index in [1.807, 2.05) is 13.8 Å².